The summed E-state index contributed by atoms with van der Waals surface area (Å²) in [5.74, 6) is 0.530. The van der Waals surface area contributed by atoms with Crippen LogP contribution in [0.5, 0.6) is 0 Å². The summed E-state index contributed by atoms with van der Waals surface area (Å²) < 4.78 is 0. The van der Waals surface area contributed by atoms with Gasteiger partial charge in [-0.2, -0.15) is 5.10 Å². The van der Waals surface area contributed by atoms with Gasteiger partial charge in [-0.3, -0.25) is 14.9 Å². The number of non-ortho nitro benzene ring substituents is 1. The second kappa shape index (κ2) is 5.51. The van der Waals surface area contributed by atoms with Gasteiger partial charge in [0, 0.05) is 23.6 Å². The van der Waals surface area contributed by atoms with Crippen molar-refractivity contribution < 1.29 is 9.72 Å². The van der Waals surface area contributed by atoms with Gasteiger partial charge in [0.1, 0.15) is 0 Å². The highest BCUT2D eigenvalue weighted by atomic mass is 16.6. The lowest BCUT2D eigenvalue weighted by atomic mass is 9.90. The standard InChI is InChI=1S/C16H19N3O3/c1-16-8-3-2-7-13(16)14(16)15(20)18-17-10-11-5-4-6-12(9-11)19(21)22/h4-6,9-10,13-14H,2-3,7-8H2,1H3,(H,18,20)/b17-10-/t13-,14-,16+/m1/s1. The van der Waals surface area contributed by atoms with E-state index < -0.39 is 4.92 Å². The summed E-state index contributed by atoms with van der Waals surface area (Å²) >= 11 is 0. The number of nitrogens with one attached hydrogen (secondary N) is 1. The maximum Gasteiger partial charge on any atom is 0.270 e. The Hall–Kier alpha value is -2.24. The minimum atomic E-state index is -0.453. The second-order valence-electron chi connectivity index (χ2n) is 6.42. The zero-order valence-corrected chi connectivity index (χ0v) is 12.5. The van der Waals surface area contributed by atoms with Crippen LogP contribution in [0.3, 0.4) is 0 Å². The molecule has 1 aromatic rings. The molecule has 0 unspecified atom stereocenters. The Kier molecular flexibility index (Phi) is 3.68. The van der Waals surface area contributed by atoms with Crippen molar-refractivity contribution in [1.29, 1.82) is 0 Å². The Labute approximate surface area is 128 Å². The average Bonchev–Trinajstić information content (AvgIpc) is 3.13. The van der Waals surface area contributed by atoms with Crippen LogP contribution in [0, 0.1) is 27.4 Å². The molecule has 22 heavy (non-hydrogen) atoms. The Bertz CT molecular complexity index is 643. The maximum absolute atomic E-state index is 12.2. The minimum absolute atomic E-state index is 0.0102. The van der Waals surface area contributed by atoms with E-state index in [1.54, 1.807) is 12.1 Å². The molecule has 0 aromatic heterocycles. The summed E-state index contributed by atoms with van der Waals surface area (Å²) in [5.41, 5.74) is 3.34. The van der Waals surface area contributed by atoms with Crippen LogP contribution in [-0.4, -0.2) is 17.0 Å². The number of nitro benzene ring substituents is 1. The number of rotatable bonds is 4. The number of amides is 1. The van der Waals surface area contributed by atoms with Crippen molar-refractivity contribution in [3.05, 3.63) is 39.9 Å². The first-order valence-corrected chi connectivity index (χ1v) is 7.60. The molecule has 3 atom stereocenters. The lowest BCUT2D eigenvalue weighted by Crippen LogP contribution is -2.22. The van der Waals surface area contributed by atoms with Crippen molar-refractivity contribution in [3.8, 4) is 0 Å². The molecular weight excluding hydrogens is 282 g/mol. The van der Waals surface area contributed by atoms with E-state index in [2.05, 4.69) is 17.5 Å². The van der Waals surface area contributed by atoms with E-state index in [1.807, 2.05) is 0 Å². The highest BCUT2D eigenvalue weighted by Crippen LogP contribution is 2.66. The molecule has 0 aliphatic heterocycles. The number of nitrogens with zero attached hydrogens (tertiary/aromatic N) is 2. The third-order valence-corrected chi connectivity index (χ3v) is 5.08. The van der Waals surface area contributed by atoms with Crippen LogP contribution < -0.4 is 5.43 Å². The van der Waals surface area contributed by atoms with Crippen molar-refractivity contribution in [2.45, 2.75) is 32.6 Å². The zero-order chi connectivity index (χ0) is 15.7. The van der Waals surface area contributed by atoms with Crippen molar-refractivity contribution in [2.75, 3.05) is 0 Å². The number of hydrogen-bond donors (Lipinski definition) is 1. The average molecular weight is 301 g/mol. The number of hydrazone groups is 1. The van der Waals surface area contributed by atoms with E-state index in [0.717, 1.165) is 12.8 Å². The van der Waals surface area contributed by atoms with Crippen LogP contribution in [0.1, 0.15) is 38.2 Å². The van der Waals surface area contributed by atoms with Crippen LogP contribution in [0.4, 0.5) is 5.69 Å². The van der Waals surface area contributed by atoms with Crippen molar-refractivity contribution in [3.63, 3.8) is 0 Å². The third kappa shape index (κ3) is 2.61. The van der Waals surface area contributed by atoms with Crippen molar-refractivity contribution in [1.82, 2.24) is 5.43 Å². The molecule has 116 valence electrons. The number of carbonyl (C=O) groups excluding carboxylic acids is 1. The Morgan fingerprint density at radius 2 is 2.32 bits per heavy atom. The highest BCUT2D eigenvalue weighted by Gasteiger charge is 2.64. The van der Waals surface area contributed by atoms with E-state index in [0.29, 0.717) is 11.5 Å². The lowest BCUT2D eigenvalue weighted by Gasteiger charge is -2.15. The zero-order valence-electron chi connectivity index (χ0n) is 12.5. The molecule has 0 heterocycles. The number of benzene rings is 1. The van der Waals surface area contributed by atoms with Crippen LogP contribution in [0.15, 0.2) is 29.4 Å². The highest BCUT2D eigenvalue weighted by molar-refractivity contribution is 5.86. The molecule has 2 aliphatic carbocycles. The Morgan fingerprint density at radius 3 is 3.00 bits per heavy atom. The van der Waals surface area contributed by atoms with E-state index >= 15 is 0 Å². The van der Waals surface area contributed by atoms with Crippen molar-refractivity contribution in [2.24, 2.45) is 22.4 Å². The first-order valence-electron chi connectivity index (χ1n) is 7.60. The fraction of sp³-hybridized carbons (Fsp3) is 0.500. The molecule has 1 N–H and O–H groups in total. The Balaban J connectivity index is 1.60. The van der Waals surface area contributed by atoms with Crippen LogP contribution >= 0.6 is 0 Å². The maximum atomic E-state index is 12.2. The molecule has 1 amide bonds. The van der Waals surface area contributed by atoms with Crippen LogP contribution in [-0.2, 0) is 4.79 Å². The molecule has 0 radical (unpaired) electrons. The normalized spacial score (nSPS) is 29.9. The lowest BCUT2D eigenvalue weighted by molar-refractivity contribution is -0.384. The molecule has 0 saturated heterocycles. The van der Waals surface area contributed by atoms with Crippen molar-refractivity contribution >= 4 is 17.8 Å². The first kappa shape index (κ1) is 14.7. The van der Waals surface area contributed by atoms with Gasteiger partial charge in [-0.05, 0) is 24.2 Å². The number of carbonyl (C=O) groups is 1. The van der Waals surface area contributed by atoms with Gasteiger partial charge in [0.2, 0.25) is 5.91 Å². The molecule has 0 spiro atoms. The topological polar surface area (TPSA) is 84.6 Å². The molecule has 3 rings (SSSR count). The second-order valence-corrected chi connectivity index (χ2v) is 6.42. The van der Waals surface area contributed by atoms with Crippen LogP contribution in [0.25, 0.3) is 0 Å². The fourth-order valence-electron chi connectivity index (χ4n) is 3.81. The van der Waals surface area contributed by atoms with Gasteiger partial charge in [0.05, 0.1) is 11.1 Å². The van der Waals surface area contributed by atoms with E-state index in [4.69, 9.17) is 0 Å². The molecule has 2 aliphatic rings. The molecular formula is C16H19N3O3. The summed E-state index contributed by atoms with van der Waals surface area (Å²) in [6.07, 6.45) is 6.10. The quantitative estimate of drug-likeness (QED) is 0.527. The summed E-state index contributed by atoms with van der Waals surface area (Å²) in [6, 6.07) is 6.15. The van der Waals surface area contributed by atoms with Gasteiger partial charge in [-0.25, -0.2) is 5.43 Å². The number of nitro groups is 1. The summed E-state index contributed by atoms with van der Waals surface area (Å²) in [5, 5.41) is 14.6. The Morgan fingerprint density at radius 1 is 1.50 bits per heavy atom. The van der Waals surface area contributed by atoms with Gasteiger partial charge >= 0.3 is 0 Å². The SMILES string of the molecule is C[C@]12CCCC[C@@H]1[C@@H]2C(=O)N/N=C\c1cccc([N+](=O)[O-])c1. The van der Waals surface area contributed by atoms with Gasteiger partial charge in [-0.15, -0.1) is 0 Å². The third-order valence-electron chi connectivity index (χ3n) is 5.08. The summed E-state index contributed by atoms with van der Waals surface area (Å²) in [7, 11) is 0. The molecule has 1 aromatic carbocycles. The first-order chi connectivity index (χ1) is 10.5. The fourth-order valence-corrected chi connectivity index (χ4v) is 3.81. The monoisotopic (exact) mass is 301 g/mol. The number of hydrogen-bond acceptors (Lipinski definition) is 4. The molecule has 6 nitrogen and oxygen atoms in total. The van der Waals surface area contributed by atoms with Gasteiger partial charge in [0.25, 0.3) is 5.69 Å². The molecule has 0 bridgehead atoms. The number of fused-ring (bicyclic) bond motifs is 1. The van der Waals surface area contributed by atoms with Gasteiger partial charge < -0.3 is 0 Å². The van der Waals surface area contributed by atoms with E-state index in [9.17, 15) is 14.9 Å². The molecule has 2 saturated carbocycles. The predicted molar refractivity (Wildman–Crippen MR) is 82.4 cm³/mol. The van der Waals surface area contributed by atoms with E-state index in [1.165, 1.54) is 31.2 Å². The van der Waals surface area contributed by atoms with E-state index in [-0.39, 0.29) is 22.9 Å². The van der Waals surface area contributed by atoms with Gasteiger partial charge in [0.15, 0.2) is 0 Å². The largest absolute Gasteiger partial charge is 0.273 e. The van der Waals surface area contributed by atoms with Gasteiger partial charge in [-0.1, -0.05) is 31.9 Å². The molecule has 6 heteroatoms. The minimum Gasteiger partial charge on any atom is -0.273 e. The molecule has 2 fully saturated rings. The predicted octanol–water partition coefficient (Wildman–Crippen LogP) is 2.87. The smallest absolute Gasteiger partial charge is 0.270 e. The van der Waals surface area contributed by atoms with Crippen LogP contribution in [0.2, 0.25) is 0 Å². The summed E-state index contributed by atoms with van der Waals surface area (Å²) in [6.45, 7) is 2.19. The summed E-state index contributed by atoms with van der Waals surface area (Å²) in [4.78, 5) is 22.5.